The molecule has 3 aromatic carbocycles. The maximum atomic E-state index is 12.7. The largest absolute Gasteiger partial charge is 0.494 e. The molecule has 1 N–H and O–H groups in total. The lowest BCUT2D eigenvalue weighted by molar-refractivity contribution is 0.102. The Labute approximate surface area is 192 Å². The summed E-state index contributed by atoms with van der Waals surface area (Å²) in [6, 6.07) is 23.2. The van der Waals surface area contributed by atoms with E-state index in [1.165, 1.54) is 5.56 Å². The molecule has 0 radical (unpaired) electrons. The van der Waals surface area contributed by atoms with Gasteiger partial charge in [-0.25, -0.2) is 0 Å². The number of rotatable bonds is 10. The molecule has 0 saturated heterocycles. The molecule has 31 heavy (non-hydrogen) atoms. The lowest BCUT2D eigenvalue weighted by Crippen LogP contribution is -2.12. The van der Waals surface area contributed by atoms with Crippen LogP contribution in [0.25, 0.3) is 0 Å². The van der Waals surface area contributed by atoms with Gasteiger partial charge in [-0.1, -0.05) is 50.2 Å². The molecule has 0 bridgehead atoms. The highest BCUT2D eigenvalue weighted by Gasteiger charge is 2.11. The highest BCUT2D eigenvalue weighted by molar-refractivity contribution is 9.10. The number of carbonyl (C=O) groups is 1. The number of carbonyl (C=O) groups excluding carboxylic acids is 1. The number of hydrogen-bond donors (Lipinski definition) is 1. The molecule has 3 rings (SSSR count). The fourth-order valence-corrected chi connectivity index (χ4v) is 3.49. The summed E-state index contributed by atoms with van der Waals surface area (Å²) in [5.74, 6) is 1.72. The van der Waals surface area contributed by atoms with Crippen LogP contribution >= 0.6 is 15.9 Å². The second kappa shape index (κ2) is 11.6. The Morgan fingerprint density at radius 1 is 0.968 bits per heavy atom. The highest BCUT2D eigenvalue weighted by atomic mass is 79.9. The third-order valence-corrected chi connectivity index (χ3v) is 5.20. The minimum Gasteiger partial charge on any atom is -0.494 e. The standard InChI is InChI=1S/C26H28BrNO3/c1-19(2)18-31-25-14-13-21(16-24(25)27)26(29)28-22-11-6-12-23(17-22)30-15-7-10-20-8-4-3-5-9-20/h3-6,8-9,11-14,16-17,19H,7,10,15,18H2,1-2H3,(H,28,29). The van der Waals surface area contributed by atoms with Gasteiger partial charge in [0.15, 0.2) is 0 Å². The zero-order valence-electron chi connectivity index (χ0n) is 17.9. The molecule has 0 heterocycles. The van der Waals surface area contributed by atoms with E-state index in [1.807, 2.05) is 48.5 Å². The van der Waals surface area contributed by atoms with Crippen molar-refractivity contribution >= 4 is 27.5 Å². The summed E-state index contributed by atoms with van der Waals surface area (Å²) < 4.78 is 12.4. The Bertz CT molecular complexity index is 989. The molecular weight excluding hydrogens is 454 g/mol. The number of amides is 1. The van der Waals surface area contributed by atoms with Crippen LogP contribution in [-0.2, 0) is 6.42 Å². The molecular formula is C26H28BrNO3. The van der Waals surface area contributed by atoms with Crippen LogP contribution in [0, 0.1) is 5.92 Å². The monoisotopic (exact) mass is 481 g/mol. The van der Waals surface area contributed by atoms with E-state index < -0.39 is 0 Å². The molecule has 0 aliphatic rings. The Kier molecular flexibility index (Phi) is 8.53. The zero-order chi connectivity index (χ0) is 22.1. The van der Waals surface area contributed by atoms with Crippen molar-refractivity contribution in [2.45, 2.75) is 26.7 Å². The van der Waals surface area contributed by atoms with Gasteiger partial charge < -0.3 is 14.8 Å². The first-order valence-corrected chi connectivity index (χ1v) is 11.3. The van der Waals surface area contributed by atoms with Crippen molar-refractivity contribution in [3.05, 3.63) is 88.4 Å². The van der Waals surface area contributed by atoms with Gasteiger partial charge in [0, 0.05) is 17.3 Å². The average molecular weight is 482 g/mol. The molecule has 0 aromatic heterocycles. The van der Waals surface area contributed by atoms with Crippen molar-refractivity contribution in [3.63, 3.8) is 0 Å². The van der Waals surface area contributed by atoms with Gasteiger partial charge in [-0.3, -0.25) is 4.79 Å². The molecule has 1 amide bonds. The van der Waals surface area contributed by atoms with Gasteiger partial charge in [0.05, 0.1) is 17.7 Å². The van der Waals surface area contributed by atoms with Crippen molar-refractivity contribution in [3.8, 4) is 11.5 Å². The molecule has 3 aromatic rings. The smallest absolute Gasteiger partial charge is 0.255 e. The minimum atomic E-state index is -0.183. The minimum absolute atomic E-state index is 0.183. The van der Waals surface area contributed by atoms with Gasteiger partial charge in [-0.2, -0.15) is 0 Å². The van der Waals surface area contributed by atoms with E-state index in [0.29, 0.717) is 30.4 Å². The molecule has 0 spiro atoms. The number of hydrogen-bond acceptors (Lipinski definition) is 3. The first-order chi connectivity index (χ1) is 15.0. The number of aryl methyl sites for hydroxylation is 1. The summed E-state index contributed by atoms with van der Waals surface area (Å²) in [5, 5.41) is 2.93. The van der Waals surface area contributed by atoms with Gasteiger partial charge >= 0.3 is 0 Å². The predicted molar refractivity (Wildman–Crippen MR) is 129 cm³/mol. The summed E-state index contributed by atoms with van der Waals surface area (Å²) in [6.07, 6.45) is 1.91. The van der Waals surface area contributed by atoms with Crippen LogP contribution in [0.3, 0.4) is 0 Å². The van der Waals surface area contributed by atoms with Crippen LogP contribution in [0.5, 0.6) is 11.5 Å². The van der Waals surface area contributed by atoms with Crippen LogP contribution in [0.4, 0.5) is 5.69 Å². The number of halogens is 1. The zero-order valence-corrected chi connectivity index (χ0v) is 19.5. The Balaban J connectivity index is 1.52. The average Bonchev–Trinajstić information content (AvgIpc) is 2.77. The molecule has 0 aliphatic heterocycles. The van der Waals surface area contributed by atoms with E-state index in [1.54, 1.807) is 12.1 Å². The van der Waals surface area contributed by atoms with E-state index in [2.05, 4.69) is 47.2 Å². The number of nitrogens with one attached hydrogen (secondary N) is 1. The molecule has 0 unspecified atom stereocenters. The van der Waals surface area contributed by atoms with Crippen molar-refractivity contribution in [1.82, 2.24) is 0 Å². The predicted octanol–water partition coefficient (Wildman–Crippen LogP) is 6.75. The summed E-state index contributed by atoms with van der Waals surface area (Å²) in [4.78, 5) is 12.7. The summed E-state index contributed by atoms with van der Waals surface area (Å²) in [7, 11) is 0. The van der Waals surface area contributed by atoms with E-state index in [-0.39, 0.29) is 5.91 Å². The summed E-state index contributed by atoms with van der Waals surface area (Å²) in [6.45, 7) is 5.44. The van der Waals surface area contributed by atoms with Gasteiger partial charge in [0.1, 0.15) is 11.5 Å². The normalized spacial score (nSPS) is 10.7. The quantitative estimate of drug-likeness (QED) is 0.325. The van der Waals surface area contributed by atoms with Crippen molar-refractivity contribution in [2.24, 2.45) is 5.92 Å². The van der Waals surface area contributed by atoms with E-state index in [9.17, 15) is 4.79 Å². The lowest BCUT2D eigenvalue weighted by atomic mass is 10.1. The van der Waals surface area contributed by atoms with Crippen molar-refractivity contribution in [1.29, 1.82) is 0 Å². The molecule has 5 heteroatoms. The maximum Gasteiger partial charge on any atom is 0.255 e. The van der Waals surface area contributed by atoms with Gasteiger partial charge in [-0.05, 0) is 70.6 Å². The van der Waals surface area contributed by atoms with Crippen LogP contribution in [0.2, 0.25) is 0 Å². The second-order valence-corrected chi connectivity index (χ2v) is 8.62. The van der Waals surface area contributed by atoms with Gasteiger partial charge in [0.2, 0.25) is 0 Å². The molecule has 0 aliphatic carbocycles. The molecule has 0 atom stereocenters. The first kappa shape index (κ1) is 22.9. The summed E-state index contributed by atoms with van der Waals surface area (Å²) in [5.41, 5.74) is 2.55. The van der Waals surface area contributed by atoms with Gasteiger partial charge in [0.25, 0.3) is 5.91 Å². The fourth-order valence-electron chi connectivity index (χ4n) is 2.99. The van der Waals surface area contributed by atoms with E-state index >= 15 is 0 Å². The van der Waals surface area contributed by atoms with Crippen LogP contribution < -0.4 is 14.8 Å². The Morgan fingerprint density at radius 3 is 2.52 bits per heavy atom. The Hall–Kier alpha value is -2.79. The van der Waals surface area contributed by atoms with Crippen LogP contribution in [0.15, 0.2) is 77.3 Å². The van der Waals surface area contributed by atoms with Crippen molar-refractivity contribution < 1.29 is 14.3 Å². The van der Waals surface area contributed by atoms with Crippen LogP contribution in [0.1, 0.15) is 36.2 Å². The highest BCUT2D eigenvalue weighted by Crippen LogP contribution is 2.27. The number of benzene rings is 3. The topological polar surface area (TPSA) is 47.6 Å². The van der Waals surface area contributed by atoms with E-state index in [4.69, 9.17) is 9.47 Å². The summed E-state index contributed by atoms with van der Waals surface area (Å²) >= 11 is 3.49. The Morgan fingerprint density at radius 2 is 1.77 bits per heavy atom. The van der Waals surface area contributed by atoms with Gasteiger partial charge in [-0.15, -0.1) is 0 Å². The van der Waals surface area contributed by atoms with Crippen LogP contribution in [-0.4, -0.2) is 19.1 Å². The van der Waals surface area contributed by atoms with E-state index in [0.717, 1.165) is 28.8 Å². The molecule has 162 valence electrons. The third kappa shape index (κ3) is 7.44. The molecule has 0 saturated carbocycles. The SMILES string of the molecule is CC(C)COc1ccc(C(=O)Nc2cccc(OCCCc3ccccc3)c2)cc1Br. The lowest BCUT2D eigenvalue weighted by Gasteiger charge is -2.12. The fraction of sp³-hybridized carbons (Fsp3) is 0.269. The maximum absolute atomic E-state index is 12.7. The number of ether oxygens (including phenoxy) is 2. The molecule has 0 fully saturated rings. The molecule has 4 nitrogen and oxygen atoms in total. The number of anilines is 1. The first-order valence-electron chi connectivity index (χ1n) is 10.5. The second-order valence-electron chi connectivity index (χ2n) is 7.77. The van der Waals surface area contributed by atoms with Crippen molar-refractivity contribution in [2.75, 3.05) is 18.5 Å². The third-order valence-electron chi connectivity index (χ3n) is 4.58.